The fourth-order valence-corrected chi connectivity index (χ4v) is 1.71. The molecule has 0 aliphatic heterocycles. The average molecular weight is 314 g/mol. The predicted octanol–water partition coefficient (Wildman–Crippen LogP) is 2.56. The summed E-state index contributed by atoms with van der Waals surface area (Å²) in [6.45, 7) is -0.104. The number of hydrogen-bond acceptors (Lipinski definition) is 5. The Hall–Kier alpha value is -3.25. The van der Waals surface area contributed by atoms with Crippen LogP contribution in [-0.4, -0.2) is 18.4 Å². The summed E-state index contributed by atoms with van der Waals surface area (Å²) < 4.78 is 10.2. The number of carbonyl (C=O) groups excluding carboxylic acids is 2. The molecule has 0 atom stereocenters. The summed E-state index contributed by atoms with van der Waals surface area (Å²) in [5.41, 5.74) is 9.07. The number of nitrogens with one attached hydrogen (secondary N) is 1. The Labute approximate surface area is 131 Å². The summed E-state index contributed by atoms with van der Waals surface area (Å²) in [7, 11) is 0. The van der Waals surface area contributed by atoms with Gasteiger partial charge >= 0.3 is 5.97 Å². The van der Waals surface area contributed by atoms with Crippen molar-refractivity contribution in [1.82, 2.24) is 5.32 Å². The van der Waals surface area contributed by atoms with E-state index < -0.39 is 11.9 Å². The largest absolute Gasteiger partial charge is 0.460 e. The minimum atomic E-state index is -0.553. The van der Waals surface area contributed by atoms with Crippen LogP contribution >= 0.6 is 0 Å². The molecule has 0 bridgehead atoms. The van der Waals surface area contributed by atoms with E-state index in [-0.39, 0.29) is 25.5 Å². The summed E-state index contributed by atoms with van der Waals surface area (Å²) in [6, 6.07) is 12.2. The second-order valence-corrected chi connectivity index (χ2v) is 4.48. The van der Waals surface area contributed by atoms with Crippen LogP contribution in [0.5, 0.6) is 0 Å². The molecule has 1 aromatic carbocycles. The molecule has 0 aliphatic rings. The van der Waals surface area contributed by atoms with E-state index in [0.29, 0.717) is 5.76 Å². The molecule has 8 nitrogen and oxygen atoms in total. The van der Waals surface area contributed by atoms with Crippen LogP contribution in [0.4, 0.5) is 0 Å². The van der Waals surface area contributed by atoms with Gasteiger partial charge in [0.05, 0.1) is 6.54 Å². The van der Waals surface area contributed by atoms with Crippen LogP contribution in [0.25, 0.3) is 10.4 Å². The Morgan fingerprint density at radius 1 is 1.22 bits per heavy atom. The van der Waals surface area contributed by atoms with Gasteiger partial charge in [0.25, 0.3) is 5.91 Å². The van der Waals surface area contributed by atoms with Crippen molar-refractivity contribution < 1.29 is 18.7 Å². The molecular weight excluding hydrogens is 300 g/mol. The lowest BCUT2D eigenvalue weighted by Gasteiger charge is -2.05. The predicted molar refractivity (Wildman–Crippen MR) is 80.1 cm³/mol. The third-order valence-corrected chi connectivity index (χ3v) is 2.81. The number of furan rings is 1. The molecule has 1 aromatic heterocycles. The van der Waals surface area contributed by atoms with Gasteiger partial charge in [0.2, 0.25) is 0 Å². The number of nitrogens with zero attached hydrogens (tertiary/aromatic N) is 3. The van der Waals surface area contributed by atoms with Gasteiger partial charge in [0.15, 0.2) is 5.76 Å². The van der Waals surface area contributed by atoms with Crippen molar-refractivity contribution in [2.24, 2.45) is 5.11 Å². The van der Waals surface area contributed by atoms with Gasteiger partial charge in [-0.25, -0.2) is 0 Å². The highest BCUT2D eigenvalue weighted by molar-refractivity contribution is 5.93. The Morgan fingerprint density at radius 3 is 2.74 bits per heavy atom. The van der Waals surface area contributed by atoms with Crippen LogP contribution in [0.15, 0.2) is 52.0 Å². The normalized spacial score (nSPS) is 9.74. The van der Waals surface area contributed by atoms with Crippen molar-refractivity contribution in [2.45, 2.75) is 13.2 Å². The zero-order chi connectivity index (χ0) is 16.5. The molecule has 0 unspecified atom stereocenters. The molecule has 0 spiro atoms. The zero-order valence-corrected chi connectivity index (χ0v) is 12.1. The summed E-state index contributed by atoms with van der Waals surface area (Å²) in [4.78, 5) is 26.0. The molecule has 23 heavy (non-hydrogen) atoms. The first-order chi connectivity index (χ1) is 11.2. The lowest BCUT2D eigenvalue weighted by Crippen LogP contribution is -2.30. The molecule has 0 radical (unpaired) electrons. The van der Waals surface area contributed by atoms with Crippen molar-refractivity contribution in [3.05, 3.63) is 70.0 Å². The maximum atomic E-state index is 11.8. The first-order valence-corrected chi connectivity index (χ1v) is 6.76. The summed E-state index contributed by atoms with van der Waals surface area (Å²) >= 11 is 0. The van der Waals surface area contributed by atoms with E-state index in [0.717, 1.165) is 5.56 Å². The molecule has 2 aromatic rings. The Kier molecular flexibility index (Phi) is 5.79. The number of hydrogen-bond donors (Lipinski definition) is 1. The molecule has 1 heterocycles. The molecule has 8 heteroatoms. The SMILES string of the molecule is [N-]=[N+]=NCc1ccc(C(=O)NCC(=O)OCc2ccccc2)o1. The van der Waals surface area contributed by atoms with E-state index in [1.165, 1.54) is 12.1 Å². The quantitative estimate of drug-likeness (QED) is 0.365. The van der Waals surface area contributed by atoms with Crippen LogP contribution in [0, 0.1) is 0 Å². The number of azide groups is 1. The van der Waals surface area contributed by atoms with E-state index in [2.05, 4.69) is 15.3 Å². The van der Waals surface area contributed by atoms with Crippen LogP contribution < -0.4 is 5.32 Å². The summed E-state index contributed by atoms with van der Waals surface area (Å²) in [5.74, 6) is -0.708. The Bertz CT molecular complexity index is 720. The van der Waals surface area contributed by atoms with Gasteiger partial charge in [-0.05, 0) is 23.2 Å². The van der Waals surface area contributed by atoms with E-state index >= 15 is 0 Å². The maximum Gasteiger partial charge on any atom is 0.325 e. The minimum absolute atomic E-state index is 0.0168. The fraction of sp³-hybridized carbons (Fsp3) is 0.200. The minimum Gasteiger partial charge on any atom is -0.460 e. The number of benzene rings is 1. The van der Waals surface area contributed by atoms with Gasteiger partial charge in [-0.3, -0.25) is 9.59 Å². The number of carbonyl (C=O) groups is 2. The van der Waals surface area contributed by atoms with Crippen molar-refractivity contribution in [1.29, 1.82) is 0 Å². The summed E-state index contributed by atoms with van der Waals surface area (Å²) in [6.07, 6.45) is 0. The number of amides is 1. The maximum absolute atomic E-state index is 11.8. The lowest BCUT2D eigenvalue weighted by molar-refractivity contribution is -0.143. The number of rotatable bonds is 7. The monoisotopic (exact) mass is 314 g/mol. The average Bonchev–Trinajstić information content (AvgIpc) is 3.06. The van der Waals surface area contributed by atoms with E-state index in [9.17, 15) is 9.59 Å². The Balaban J connectivity index is 1.76. The van der Waals surface area contributed by atoms with Gasteiger partial charge in [0.1, 0.15) is 18.9 Å². The zero-order valence-electron chi connectivity index (χ0n) is 12.1. The molecule has 1 N–H and O–H groups in total. The highest BCUT2D eigenvalue weighted by Gasteiger charge is 2.12. The molecular formula is C15H14N4O4. The topological polar surface area (TPSA) is 117 Å². The number of ether oxygens (including phenoxy) is 1. The first-order valence-electron chi connectivity index (χ1n) is 6.76. The van der Waals surface area contributed by atoms with E-state index in [4.69, 9.17) is 14.7 Å². The molecule has 0 saturated heterocycles. The standard InChI is InChI=1S/C15H14N4O4/c16-19-18-8-12-6-7-13(23-12)15(21)17-9-14(20)22-10-11-4-2-1-3-5-11/h1-7H,8-10H2,(H,17,21). The lowest BCUT2D eigenvalue weighted by atomic mass is 10.2. The fourth-order valence-electron chi connectivity index (χ4n) is 1.71. The molecule has 1 amide bonds. The van der Waals surface area contributed by atoms with Gasteiger partial charge in [-0.15, -0.1) is 0 Å². The highest BCUT2D eigenvalue weighted by atomic mass is 16.5. The molecule has 2 rings (SSSR count). The second-order valence-electron chi connectivity index (χ2n) is 4.48. The van der Waals surface area contributed by atoms with Gasteiger partial charge in [-0.2, -0.15) is 0 Å². The third kappa shape index (κ3) is 5.22. The van der Waals surface area contributed by atoms with Crippen LogP contribution in [0.1, 0.15) is 21.9 Å². The van der Waals surface area contributed by atoms with Crippen LogP contribution in [0.2, 0.25) is 0 Å². The van der Waals surface area contributed by atoms with Gasteiger partial charge in [0, 0.05) is 4.91 Å². The summed E-state index contributed by atoms with van der Waals surface area (Å²) in [5, 5.41) is 5.72. The van der Waals surface area contributed by atoms with E-state index in [1.54, 1.807) is 0 Å². The van der Waals surface area contributed by atoms with Crippen molar-refractivity contribution in [3.8, 4) is 0 Å². The Morgan fingerprint density at radius 2 is 2.00 bits per heavy atom. The number of esters is 1. The molecule has 118 valence electrons. The van der Waals surface area contributed by atoms with Crippen molar-refractivity contribution in [3.63, 3.8) is 0 Å². The molecule has 0 aliphatic carbocycles. The highest BCUT2D eigenvalue weighted by Crippen LogP contribution is 2.09. The molecule has 0 saturated carbocycles. The molecule has 0 fully saturated rings. The van der Waals surface area contributed by atoms with Gasteiger partial charge in [-0.1, -0.05) is 35.4 Å². The van der Waals surface area contributed by atoms with Crippen LogP contribution in [0.3, 0.4) is 0 Å². The van der Waals surface area contributed by atoms with Crippen molar-refractivity contribution >= 4 is 11.9 Å². The van der Waals surface area contributed by atoms with E-state index in [1.807, 2.05) is 30.3 Å². The van der Waals surface area contributed by atoms with Crippen LogP contribution in [-0.2, 0) is 22.7 Å². The third-order valence-electron chi connectivity index (χ3n) is 2.81. The first kappa shape index (κ1) is 16.1. The van der Waals surface area contributed by atoms with Crippen molar-refractivity contribution in [2.75, 3.05) is 6.54 Å². The van der Waals surface area contributed by atoms with Gasteiger partial charge < -0.3 is 14.5 Å². The smallest absolute Gasteiger partial charge is 0.325 e. The second kappa shape index (κ2) is 8.26.